The Kier molecular flexibility index (Phi) is 13.3. The van der Waals surface area contributed by atoms with E-state index < -0.39 is 0 Å². The highest BCUT2D eigenvalue weighted by Crippen LogP contribution is 2.11. The predicted octanol–water partition coefficient (Wildman–Crippen LogP) is 4.34. The van der Waals surface area contributed by atoms with Gasteiger partial charge < -0.3 is 5.11 Å². The van der Waals surface area contributed by atoms with E-state index in [9.17, 15) is 0 Å². The molecule has 0 aromatic heterocycles. The van der Waals surface area contributed by atoms with Gasteiger partial charge in [-0.15, -0.1) is 0 Å². The lowest BCUT2D eigenvalue weighted by Gasteiger charge is -1.92. The highest BCUT2D eigenvalue weighted by Gasteiger charge is 1.87. The van der Waals surface area contributed by atoms with Crippen molar-refractivity contribution in [2.45, 2.75) is 33.0 Å². The summed E-state index contributed by atoms with van der Waals surface area (Å²) in [6, 6.07) is 7.11. The molecule has 0 aliphatic heterocycles. The Balaban J connectivity index is 0. The molecule has 0 radical (unpaired) electrons. The zero-order valence-electron chi connectivity index (χ0n) is 8.84. The van der Waals surface area contributed by atoms with Crippen LogP contribution in [0.5, 0.6) is 5.75 Å². The van der Waals surface area contributed by atoms with Crippen molar-refractivity contribution in [1.29, 1.82) is 0 Å². The van der Waals surface area contributed by atoms with Crippen molar-refractivity contribution in [3.8, 4) is 5.75 Å². The summed E-state index contributed by atoms with van der Waals surface area (Å²) in [5.74, 6) is 0.319. The first-order valence-electron chi connectivity index (χ1n) is 4.67. The van der Waals surface area contributed by atoms with Gasteiger partial charge in [0.05, 0.1) is 0 Å². The van der Waals surface area contributed by atoms with E-state index in [1.807, 2.05) is 39.8 Å². The van der Waals surface area contributed by atoms with Gasteiger partial charge in [-0.25, -0.2) is 0 Å². The van der Waals surface area contributed by atoms with Crippen molar-refractivity contribution >= 4 is 15.9 Å². The molecule has 0 atom stereocenters. The third-order valence-electron chi connectivity index (χ3n) is 1.09. The van der Waals surface area contributed by atoms with Crippen LogP contribution in [-0.4, -0.2) is 5.11 Å². The lowest BCUT2D eigenvalue weighted by Crippen LogP contribution is -1.72. The van der Waals surface area contributed by atoms with Crippen LogP contribution >= 0.6 is 15.9 Å². The minimum Gasteiger partial charge on any atom is -0.508 e. The van der Waals surface area contributed by atoms with E-state index in [1.54, 1.807) is 12.1 Å². The van der Waals surface area contributed by atoms with E-state index in [1.165, 1.54) is 5.56 Å². The van der Waals surface area contributed by atoms with E-state index in [0.717, 1.165) is 5.33 Å². The first kappa shape index (κ1) is 15.0. The van der Waals surface area contributed by atoms with E-state index in [4.69, 9.17) is 5.11 Å². The zero-order valence-corrected chi connectivity index (χ0v) is 10.4. The number of rotatable bonds is 1. The number of alkyl halides is 1. The number of phenols is 1. The second-order valence-electron chi connectivity index (χ2n) is 1.80. The number of halogens is 1. The lowest BCUT2D eigenvalue weighted by atomic mass is 10.2. The average molecular weight is 247 g/mol. The van der Waals surface area contributed by atoms with Crippen LogP contribution in [0.2, 0.25) is 0 Å². The molecule has 0 fully saturated rings. The molecule has 0 saturated heterocycles. The van der Waals surface area contributed by atoms with Gasteiger partial charge in [0, 0.05) is 5.33 Å². The topological polar surface area (TPSA) is 20.2 Å². The summed E-state index contributed by atoms with van der Waals surface area (Å²) >= 11 is 3.30. The maximum Gasteiger partial charge on any atom is 0.115 e. The Morgan fingerprint density at radius 3 is 1.69 bits per heavy atom. The van der Waals surface area contributed by atoms with Crippen molar-refractivity contribution in [2.75, 3.05) is 0 Å². The average Bonchev–Trinajstić information content (AvgIpc) is 2.25. The quantitative estimate of drug-likeness (QED) is 0.732. The Morgan fingerprint density at radius 2 is 1.38 bits per heavy atom. The number of benzene rings is 1. The molecule has 0 amide bonds. The molecule has 0 aliphatic rings. The minimum atomic E-state index is 0.319. The van der Waals surface area contributed by atoms with Gasteiger partial charge in [-0.05, 0) is 17.7 Å². The Bertz CT molecular complexity index is 182. The number of hydrogen-bond acceptors (Lipinski definition) is 1. The fraction of sp³-hybridized carbons (Fsp3) is 0.455. The molecule has 2 heteroatoms. The van der Waals surface area contributed by atoms with Gasteiger partial charge >= 0.3 is 0 Å². The normalized spacial score (nSPS) is 7.46. The van der Waals surface area contributed by atoms with Crippen LogP contribution in [0.3, 0.4) is 0 Å². The van der Waals surface area contributed by atoms with Crippen LogP contribution in [0.1, 0.15) is 33.3 Å². The second-order valence-corrected chi connectivity index (χ2v) is 2.36. The Hall–Kier alpha value is -0.500. The maximum absolute atomic E-state index is 8.84. The van der Waals surface area contributed by atoms with Crippen LogP contribution in [0.25, 0.3) is 0 Å². The van der Waals surface area contributed by atoms with E-state index in [0.29, 0.717) is 5.75 Å². The van der Waals surface area contributed by atoms with Gasteiger partial charge in [0.25, 0.3) is 0 Å². The summed E-state index contributed by atoms with van der Waals surface area (Å²) in [6.07, 6.45) is 0. The highest BCUT2D eigenvalue weighted by atomic mass is 79.9. The molecule has 13 heavy (non-hydrogen) atoms. The van der Waals surface area contributed by atoms with E-state index >= 15 is 0 Å². The summed E-state index contributed by atoms with van der Waals surface area (Å²) in [6.45, 7) is 8.00. The summed E-state index contributed by atoms with van der Waals surface area (Å²) in [7, 11) is 0. The van der Waals surface area contributed by atoms with Crippen LogP contribution in [0.15, 0.2) is 24.3 Å². The number of phenolic OH excluding ortho intramolecular Hbond substituents is 1. The summed E-state index contributed by atoms with van der Waals surface area (Å²) < 4.78 is 0. The highest BCUT2D eigenvalue weighted by molar-refractivity contribution is 9.08. The second kappa shape index (κ2) is 11.5. The summed E-state index contributed by atoms with van der Waals surface area (Å²) in [5, 5.41) is 9.68. The van der Waals surface area contributed by atoms with Gasteiger partial charge in [-0.3, -0.25) is 0 Å². The molecular formula is C11H19BrO. The van der Waals surface area contributed by atoms with E-state index in [-0.39, 0.29) is 0 Å². The number of aromatic hydroxyl groups is 1. The van der Waals surface area contributed by atoms with Crippen LogP contribution < -0.4 is 0 Å². The van der Waals surface area contributed by atoms with Gasteiger partial charge in [0.2, 0.25) is 0 Å². The fourth-order valence-corrected chi connectivity index (χ4v) is 0.959. The minimum absolute atomic E-state index is 0.319. The summed E-state index contributed by atoms with van der Waals surface area (Å²) in [4.78, 5) is 0. The van der Waals surface area contributed by atoms with Crippen LogP contribution in [0, 0.1) is 0 Å². The van der Waals surface area contributed by atoms with Crippen molar-refractivity contribution < 1.29 is 5.11 Å². The van der Waals surface area contributed by atoms with Crippen LogP contribution in [0.4, 0.5) is 0 Å². The first-order valence-corrected chi connectivity index (χ1v) is 5.79. The molecule has 1 N–H and O–H groups in total. The number of hydrogen-bond donors (Lipinski definition) is 1. The largest absolute Gasteiger partial charge is 0.508 e. The standard InChI is InChI=1S/C7H7BrO.2C2H6/c8-5-6-1-3-7(9)4-2-6;2*1-2/h1-4,9H,5H2;2*1-2H3. The molecule has 1 nitrogen and oxygen atoms in total. The van der Waals surface area contributed by atoms with Crippen LogP contribution in [-0.2, 0) is 5.33 Å². The smallest absolute Gasteiger partial charge is 0.115 e. The van der Waals surface area contributed by atoms with Gasteiger partial charge in [-0.2, -0.15) is 0 Å². The molecule has 0 unspecified atom stereocenters. The first-order chi connectivity index (χ1) is 6.33. The molecule has 1 rings (SSSR count). The molecular weight excluding hydrogens is 228 g/mol. The van der Waals surface area contributed by atoms with Gasteiger partial charge in [-0.1, -0.05) is 55.8 Å². The Labute approximate surface area is 89.9 Å². The molecule has 1 aromatic carbocycles. The lowest BCUT2D eigenvalue weighted by molar-refractivity contribution is 0.475. The molecule has 0 spiro atoms. The monoisotopic (exact) mass is 246 g/mol. The maximum atomic E-state index is 8.84. The van der Waals surface area contributed by atoms with Crippen molar-refractivity contribution in [3.63, 3.8) is 0 Å². The van der Waals surface area contributed by atoms with Gasteiger partial charge in [0.1, 0.15) is 5.75 Å². The third kappa shape index (κ3) is 7.85. The van der Waals surface area contributed by atoms with Crippen molar-refractivity contribution in [1.82, 2.24) is 0 Å². The molecule has 1 aromatic rings. The van der Waals surface area contributed by atoms with Crippen molar-refractivity contribution in [3.05, 3.63) is 29.8 Å². The predicted molar refractivity (Wildman–Crippen MR) is 63.4 cm³/mol. The fourth-order valence-electron chi connectivity index (χ4n) is 0.585. The molecule has 0 bridgehead atoms. The molecule has 0 aliphatic carbocycles. The Morgan fingerprint density at radius 1 is 1.00 bits per heavy atom. The summed E-state index contributed by atoms with van der Waals surface area (Å²) in [5.41, 5.74) is 1.17. The zero-order chi connectivity index (χ0) is 10.7. The molecule has 0 saturated carbocycles. The van der Waals surface area contributed by atoms with Crippen molar-refractivity contribution in [2.24, 2.45) is 0 Å². The van der Waals surface area contributed by atoms with Gasteiger partial charge in [0.15, 0.2) is 0 Å². The molecule has 76 valence electrons. The third-order valence-corrected chi connectivity index (χ3v) is 1.74. The van der Waals surface area contributed by atoms with E-state index in [2.05, 4.69) is 15.9 Å². The molecule has 0 heterocycles. The SMILES string of the molecule is CC.CC.Oc1ccc(CBr)cc1.